The van der Waals surface area contributed by atoms with E-state index in [0.29, 0.717) is 12.2 Å². The van der Waals surface area contributed by atoms with Gasteiger partial charge in [0.1, 0.15) is 5.69 Å². The van der Waals surface area contributed by atoms with Crippen LogP contribution in [0.1, 0.15) is 41.7 Å². The van der Waals surface area contributed by atoms with Gasteiger partial charge in [0.25, 0.3) is 5.91 Å². The van der Waals surface area contributed by atoms with Crippen molar-refractivity contribution in [3.8, 4) is 11.3 Å². The molecular weight excluding hydrogens is 310 g/mol. The van der Waals surface area contributed by atoms with Crippen LogP contribution in [0.4, 0.5) is 0 Å². The van der Waals surface area contributed by atoms with Gasteiger partial charge in [-0.05, 0) is 32.3 Å². The summed E-state index contributed by atoms with van der Waals surface area (Å²) in [6, 6.07) is 1.90. The van der Waals surface area contributed by atoms with Gasteiger partial charge in [-0.25, -0.2) is 4.98 Å². The number of aryl methyl sites for hydroxylation is 1. The fourth-order valence-corrected chi connectivity index (χ4v) is 3.50. The van der Waals surface area contributed by atoms with E-state index in [0.717, 1.165) is 48.7 Å². The number of amides is 1. The fourth-order valence-electron chi connectivity index (χ4n) is 2.88. The number of ether oxygens (including phenoxy) is 1. The highest BCUT2D eigenvalue weighted by atomic mass is 32.1. The molecule has 3 rings (SSSR count). The first-order valence-corrected chi connectivity index (χ1v) is 9.07. The summed E-state index contributed by atoms with van der Waals surface area (Å²) in [6.07, 6.45) is 5.08. The first-order valence-electron chi connectivity index (χ1n) is 8.19. The Kier molecular flexibility index (Phi) is 5.13. The molecule has 1 N–H and O–H groups in total. The molecule has 0 bridgehead atoms. The third-order valence-electron chi connectivity index (χ3n) is 4.05. The highest BCUT2D eigenvalue weighted by Gasteiger charge is 2.25. The van der Waals surface area contributed by atoms with E-state index in [4.69, 9.17) is 4.74 Å². The Hall–Kier alpha value is -1.66. The molecular formula is C17H23N3O2S. The molecule has 6 heteroatoms. The normalized spacial score (nSPS) is 18.3. The van der Waals surface area contributed by atoms with Gasteiger partial charge in [-0.1, -0.05) is 6.92 Å². The summed E-state index contributed by atoms with van der Waals surface area (Å²) >= 11 is 1.62. The number of hydrogen-bond donors (Lipinski definition) is 1. The number of aromatic nitrogens is 2. The zero-order chi connectivity index (χ0) is 16.2. The van der Waals surface area contributed by atoms with Crippen LogP contribution in [0, 0.1) is 6.92 Å². The molecule has 1 saturated heterocycles. The van der Waals surface area contributed by atoms with Crippen molar-refractivity contribution in [1.82, 2.24) is 14.9 Å². The van der Waals surface area contributed by atoms with Crippen molar-refractivity contribution in [3.05, 3.63) is 28.3 Å². The quantitative estimate of drug-likeness (QED) is 0.911. The molecule has 0 spiro atoms. The molecule has 1 atom stereocenters. The number of nitrogens with one attached hydrogen (secondary N) is 1. The number of H-pyrrole nitrogens is 1. The van der Waals surface area contributed by atoms with E-state index in [2.05, 4.69) is 16.9 Å². The minimum absolute atomic E-state index is 0.0491. The highest BCUT2D eigenvalue weighted by Crippen LogP contribution is 2.23. The molecule has 2 aromatic rings. The average Bonchev–Trinajstić information content (AvgIpc) is 3.21. The van der Waals surface area contributed by atoms with Gasteiger partial charge >= 0.3 is 0 Å². The topological polar surface area (TPSA) is 58.2 Å². The van der Waals surface area contributed by atoms with Crippen molar-refractivity contribution in [2.75, 3.05) is 19.7 Å². The minimum atomic E-state index is 0.0491. The maximum Gasteiger partial charge on any atom is 0.270 e. The Morgan fingerprint density at radius 1 is 1.57 bits per heavy atom. The van der Waals surface area contributed by atoms with Gasteiger partial charge in [0, 0.05) is 36.8 Å². The van der Waals surface area contributed by atoms with Crippen LogP contribution in [0.2, 0.25) is 0 Å². The number of hydrogen-bond acceptors (Lipinski definition) is 4. The zero-order valence-electron chi connectivity index (χ0n) is 13.7. The molecule has 0 aromatic carbocycles. The lowest BCUT2D eigenvalue weighted by atomic mass is 10.1. The van der Waals surface area contributed by atoms with Crippen LogP contribution >= 0.6 is 11.3 Å². The summed E-state index contributed by atoms with van der Waals surface area (Å²) in [5.74, 6) is 0.0491. The zero-order valence-corrected chi connectivity index (χ0v) is 14.5. The minimum Gasteiger partial charge on any atom is -0.376 e. The van der Waals surface area contributed by atoms with Crippen LogP contribution in [0.5, 0.6) is 0 Å². The van der Waals surface area contributed by atoms with Crippen LogP contribution in [0.25, 0.3) is 11.3 Å². The van der Waals surface area contributed by atoms with Gasteiger partial charge in [-0.3, -0.25) is 4.79 Å². The van der Waals surface area contributed by atoms with Crippen molar-refractivity contribution in [2.24, 2.45) is 0 Å². The second kappa shape index (κ2) is 7.27. The Labute approximate surface area is 140 Å². The average molecular weight is 333 g/mol. The number of aromatic amines is 1. The number of nitrogens with zero attached hydrogens (tertiary/aromatic N) is 2. The number of rotatable bonds is 5. The van der Waals surface area contributed by atoms with Crippen molar-refractivity contribution in [3.63, 3.8) is 0 Å². The highest BCUT2D eigenvalue weighted by molar-refractivity contribution is 7.09. The van der Waals surface area contributed by atoms with Gasteiger partial charge in [-0.2, -0.15) is 0 Å². The van der Waals surface area contributed by atoms with E-state index in [1.54, 1.807) is 11.3 Å². The maximum atomic E-state index is 12.7. The smallest absolute Gasteiger partial charge is 0.270 e. The van der Waals surface area contributed by atoms with Crippen LogP contribution in [-0.2, 0) is 4.74 Å². The Bertz CT molecular complexity index is 664. The van der Waals surface area contributed by atoms with E-state index in [9.17, 15) is 4.79 Å². The SMILES string of the molecule is CCCO[C@@H]1CCCN(C(=O)c2cc(-c3csc(C)n3)c[nH]2)C1. The van der Waals surface area contributed by atoms with Crippen molar-refractivity contribution in [2.45, 2.75) is 39.2 Å². The molecule has 1 fully saturated rings. The van der Waals surface area contributed by atoms with E-state index < -0.39 is 0 Å². The van der Waals surface area contributed by atoms with Crippen molar-refractivity contribution in [1.29, 1.82) is 0 Å². The van der Waals surface area contributed by atoms with Crippen LogP contribution in [0.15, 0.2) is 17.6 Å². The lowest BCUT2D eigenvalue weighted by Crippen LogP contribution is -2.43. The lowest BCUT2D eigenvalue weighted by Gasteiger charge is -2.32. The first-order chi connectivity index (χ1) is 11.2. The number of thiazole rings is 1. The number of carbonyl (C=O) groups excluding carboxylic acids is 1. The first kappa shape index (κ1) is 16.2. The van der Waals surface area contributed by atoms with Crippen LogP contribution in [-0.4, -0.2) is 46.6 Å². The summed E-state index contributed by atoms with van der Waals surface area (Å²) in [4.78, 5) is 22.2. The number of likely N-dealkylation sites (tertiary alicyclic amines) is 1. The molecule has 0 unspecified atom stereocenters. The molecule has 1 aliphatic rings. The van der Waals surface area contributed by atoms with Crippen LogP contribution < -0.4 is 0 Å². The largest absolute Gasteiger partial charge is 0.376 e. The molecule has 124 valence electrons. The maximum absolute atomic E-state index is 12.7. The molecule has 1 amide bonds. The van der Waals surface area contributed by atoms with E-state index >= 15 is 0 Å². The van der Waals surface area contributed by atoms with Gasteiger partial charge in [0.2, 0.25) is 0 Å². The summed E-state index contributed by atoms with van der Waals surface area (Å²) in [7, 11) is 0. The molecule has 2 aromatic heterocycles. The van der Waals surface area contributed by atoms with Crippen molar-refractivity contribution < 1.29 is 9.53 Å². The summed E-state index contributed by atoms with van der Waals surface area (Å²) in [5, 5.41) is 3.04. The molecule has 0 radical (unpaired) electrons. The molecule has 23 heavy (non-hydrogen) atoms. The Morgan fingerprint density at radius 3 is 3.17 bits per heavy atom. The Morgan fingerprint density at radius 2 is 2.43 bits per heavy atom. The fraction of sp³-hybridized carbons (Fsp3) is 0.529. The number of piperidine rings is 1. The third kappa shape index (κ3) is 3.82. The monoisotopic (exact) mass is 333 g/mol. The molecule has 0 saturated carbocycles. The van der Waals surface area contributed by atoms with Gasteiger partial charge in [0.05, 0.1) is 16.8 Å². The predicted molar refractivity (Wildman–Crippen MR) is 91.8 cm³/mol. The molecule has 1 aliphatic heterocycles. The van der Waals surface area contributed by atoms with Gasteiger partial charge in [0.15, 0.2) is 0 Å². The standard InChI is InChI=1S/C17H23N3O2S/c1-3-7-22-14-5-4-6-20(10-14)17(21)15-8-13(9-18-15)16-11-23-12(2)19-16/h8-9,11,14,18H,3-7,10H2,1-2H3/t14-/m1/s1. The Balaban J connectivity index is 1.67. The molecule has 5 nitrogen and oxygen atoms in total. The van der Waals surface area contributed by atoms with Gasteiger partial charge < -0.3 is 14.6 Å². The second-order valence-electron chi connectivity index (χ2n) is 5.94. The predicted octanol–water partition coefficient (Wildman–Crippen LogP) is 3.48. The van der Waals surface area contributed by atoms with E-state index in [-0.39, 0.29) is 12.0 Å². The van der Waals surface area contributed by atoms with E-state index in [1.165, 1.54) is 0 Å². The molecule has 0 aliphatic carbocycles. The summed E-state index contributed by atoms with van der Waals surface area (Å²) in [6.45, 7) is 6.34. The summed E-state index contributed by atoms with van der Waals surface area (Å²) in [5.41, 5.74) is 2.51. The summed E-state index contributed by atoms with van der Waals surface area (Å²) < 4.78 is 5.81. The third-order valence-corrected chi connectivity index (χ3v) is 4.82. The van der Waals surface area contributed by atoms with Crippen LogP contribution in [0.3, 0.4) is 0 Å². The van der Waals surface area contributed by atoms with Gasteiger partial charge in [-0.15, -0.1) is 11.3 Å². The number of carbonyl (C=O) groups is 1. The van der Waals surface area contributed by atoms with Crippen molar-refractivity contribution >= 4 is 17.2 Å². The second-order valence-corrected chi connectivity index (χ2v) is 7.00. The lowest BCUT2D eigenvalue weighted by molar-refractivity contribution is 0.00194. The van der Waals surface area contributed by atoms with E-state index in [1.807, 2.05) is 29.5 Å². The molecule has 3 heterocycles.